The average Bonchev–Trinajstić information content (AvgIpc) is 2.94. The number of nitrogens with zero attached hydrogens (tertiary/aromatic N) is 1. The van der Waals surface area contributed by atoms with Crippen LogP contribution in [0.25, 0.3) is 6.08 Å². The lowest BCUT2D eigenvalue weighted by Crippen LogP contribution is -2.43. The molecule has 2 heterocycles. The SMILES string of the molecule is CC1NNCC1C(=O)N1CCC(=Cc2ccccc2)CC1. The largest absolute Gasteiger partial charge is 0.342 e. The van der Waals surface area contributed by atoms with Crippen molar-refractivity contribution in [2.75, 3.05) is 19.6 Å². The summed E-state index contributed by atoms with van der Waals surface area (Å²) in [5.41, 5.74) is 8.90. The molecule has 0 radical (unpaired) electrons. The van der Waals surface area contributed by atoms with Gasteiger partial charge in [-0.05, 0) is 25.3 Å². The number of likely N-dealkylation sites (tertiary alicyclic amines) is 1. The fourth-order valence-corrected chi connectivity index (χ4v) is 3.09. The third kappa shape index (κ3) is 3.34. The lowest BCUT2D eigenvalue weighted by Gasteiger charge is -2.31. The monoisotopic (exact) mass is 285 g/mol. The number of hydrazine groups is 1. The molecule has 3 rings (SSSR count). The van der Waals surface area contributed by atoms with Crippen molar-refractivity contribution in [1.82, 2.24) is 15.8 Å². The molecular formula is C17H23N3O. The number of piperidine rings is 1. The van der Waals surface area contributed by atoms with E-state index >= 15 is 0 Å². The number of benzene rings is 1. The molecule has 1 aromatic rings. The van der Waals surface area contributed by atoms with Gasteiger partial charge in [0.25, 0.3) is 0 Å². The van der Waals surface area contributed by atoms with Crippen molar-refractivity contribution in [3.8, 4) is 0 Å². The molecule has 1 aromatic carbocycles. The summed E-state index contributed by atoms with van der Waals surface area (Å²) < 4.78 is 0. The first kappa shape index (κ1) is 14.3. The molecule has 112 valence electrons. The van der Waals surface area contributed by atoms with E-state index in [2.05, 4.69) is 48.1 Å². The summed E-state index contributed by atoms with van der Waals surface area (Å²) in [6.07, 6.45) is 4.24. The molecule has 0 aliphatic carbocycles. The highest BCUT2D eigenvalue weighted by atomic mass is 16.2. The maximum absolute atomic E-state index is 12.5. The molecule has 2 aliphatic rings. The summed E-state index contributed by atoms with van der Waals surface area (Å²) in [7, 11) is 0. The molecule has 2 fully saturated rings. The predicted molar refractivity (Wildman–Crippen MR) is 84.3 cm³/mol. The van der Waals surface area contributed by atoms with Crippen LogP contribution < -0.4 is 10.9 Å². The van der Waals surface area contributed by atoms with Gasteiger partial charge in [-0.15, -0.1) is 0 Å². The number of rotatable bonds is 2. The summed E-state index contributed by atoms with van der Waals surface area (Å²) in [5, 5.41) is 0. The van der Waals surface area contributed by atoms with E-state index in [4.69, 9.17) is 0 Å². The zero-order chi connectivity index (χ0) is 14.7. The summed E-state index contributed by atoms with van der Waals surface area (Å²) >= 11 is 0. The van der Waals surface area contributed by atoms with Gasteiger partial charge >= 0.3 is 0 Å². The van der Waals surface area contributed by atoms with E-state index in [0.717, 1.165) is 32.5 Å². The van der Waals surface area contributed by atoms with Crippen LogP contribution in [0.3, 0.4) is 0 Å². The Balaban J connectivity index is 1.58. The van der Waals surface area contributed by atoms with E-state index in [1.54, 1.807) is 0 Å². The second-order valence-corrected chi connectivity index (χ2v) is 5.96. The van der Waals surface area contributed by atoms with Crippen molar-refractivity contribution < 1.29 is 4.79 Å². The minimum Gasteiger partial charge on any atom is -0.342 e. The zero-order valence-electron chi connectivity index (χ0n) is 12.5. The van der Waals surface area contributed by atoms with Crippen LogP contribution in [0.5, 0.6) is 0 Å². The van der Waals surface area contributed by atoms with Crippen molar-refractivity contribution in [2.45, 2.75) is 25.8 Å². The van der Waals surface area contributed by atoms with Gasteiger partial charge in [0.2, 0.25) is 5.91 Å². The first-order valence-electron chi connectivity index (χ1n) is 7.76. The van der Waals surface area contributed by atoms with E-state index in [-0.39, 0.29) is 12.0 Å². The predicted octanol–water partition coefficient (Wildman–Crippen LogP) is 1.80. The maximum atomic E-state index is 12.5. The molecule has 2 unspecified atom stereocenters. The van der Waals surface area contributed by atoms with Crippen LogP contribution in [0.15, 0.2) is 35.9 Å². The fraction of sp³-hybridized carbons (Fsp3) is 0.471. The molecule has 4 nitrogen and oxygen atoms in total. The van der Waals surface area contributed by atoms with Crippen LogP contribution in [0.2, 0.25) is 0 Å². The molecule has 21 heavy (non-hydrogen) atoms. The van der Waals surface area contributed by atoms with Gasteiger partial charge in [-0.2, -0.15) is 0 Å². The summed E-state index contributed by atoms with van der Waals surface area (Å²) in [6, 6.07) is 10.6. The van der Waals surface area contributed by atoms with Gasteiger partial charge in [0.1, 0.15) is 0 Å². The molecule has 0 bridgehead atoms. The highest BCUT2D eigenvalue weighted by Crippen LogP contribution is 2.22. The topological polar surface area (TPSA) is 44.4 Å². The van der Waals surface area contributed by atoms with Crippen LogP contribution in [0.1, 0.15) is 25.3 Å². The average molecular weight is 285 g/mol. The molecule has 2 N–H and O–H groups in total. The van der Waals surface area contributed by atoms with E-state index in [1.165, 1.54) is 11.1 Å². The number of nitrogens with one attached hydrogen (secondary N) is 2. The van der Waals surface area contributed by atoms with E-state index in [1.807, 2.05) is 11.0 Å². The number of carbonyl (C=O) groups is 1. The third-order valence-corrected chi connectivity index (χ3v) is 4.46. The van der Waals surface area contributed by atoms with Crippen LogP contribution in [-0.2, 0) is 4.79 Å². The number of amides is 1. The van der Waals surface area contributed by atoms with Gasteiger partial charge in [0.15, 0.2) is 0 Å². The summed E-state index contributed by atoms with van der Waals surface area (Å²) in [6.45, 7) is 4.50. The Morgan fingerprint density at radius 3 is 2.57 bits per heavy atom. The quantitative estimate of drug-likeness (QED) is 0.871. The molecule has 0 saturated carbocycles. The third-order valence-electron chi connectivity index (χ3n) is 4.46. The highest BCUT2D eigenvalue weighted by Gasteiger charge is 2.33. The number of hydrogen-bond donors (Lipinski definition) is 2. The second kappa shape index (κ2) is 6.41. The highest BCUT2D eigenvalue weighted by molar-refractivity contribution is 5.80. The van der Waals surface area contributed by atoms with Gasteiger partial charge in [-0.3, -0.25) is 15.6 Å². The van der Waals surface area contributed by atoms with E-state index in [0.29, 0.717) is 5.91 Å². The number of carbonyl (C=O) groups excluding carboxylic acids is 1. The maximum Gasteiger partial charge on any atom is 0.228 e. The molecule has 0 aromatic heterocycles. The normalized spacial score (nSPS) is 26.0. The van der Waals surface area contributed by atoms with Gasteiger partial charge < -0.3 is 4.90 Å². The molecule has 0 spiro atoms. The Morgan fingerprint density at radius 2 is 1.95 bits per heavy atom. The summed E-state index contributed by atoms with van der Waals surface area (Å²) in [4.78, 5) is 14.5. The van der Waals surface area contributed by atoms with Gasteiger partial charge in [0, 0.05) is 25.7 Å². The first-order chi connectivity index (χ1) is 10.2. The van der Waals surface area contributed by atoms with Crippen LogP contribution >= 0.6 is 0 Å². The Labute approximate surface area is 126 Å². The van der Waals surface area contributed by atoms with Crippen LogP contribution in [-0.4, -0.2) is 36.5 Å². The van der Waals surface area contributed by atoms with Crippen molar-refractivity contribution in [1.29, 1.82) is 0 Å². The van der Waals surface area contributed by atoms with Crippen LogP contribution in [0.4, 0.5) is 0 Å². The minimum atomic E-state index is 0.0738. The molecular weight excluding hydrogens is 262 g/mol. The van der Waals surface area contributed by atoms with E-state index < -0.39 is 0 Å². The first-order valence-corrected chi connectivity index (χ1v) is 7.76. The van der Waals surface area contributed by atoms with Crippen LogP contribution in [0, 0.1) is 5.92 Å². The van der Waals surface area contributed by atoms with Gasteiger partial charge in [0.05, 0.1) is 5.92 Å². The number of hydrogen-bond acceptors (Lipinski definition) is 3. The fourth-order valence-electron chi connectivity index (χ4n) is 3.09. The Bertz CT molecular complexity index is 516. The zero-order valence-corrected chi connectivity index (χ0v) is 12.5. The van der Waals surface area contributed by atoms with Gasteiger partial charge in [-0.25, -0.2) is 0 Å². The molecule has 2 atom stereocenters. The minimum absolute atomic E-state index is 0.0738. The Kier molecular flexibility index (Phi) is 4.36. The molecule has 4 heteroatoms. The smallest absolute Gasteiger partial charge is 0.228 e. The summed E-state index contributed by atoms with van der Waals surface area (Å²) in [5.74, 6) is 0.364. The van der Waals surface area contributed by atoms with Crippen molar-refractivity contribution in [3.05, 3.63) is 41.5 Å². The van der Waals surface area contributed by atoms with Crippen molar-refractivity contribution in [2.24, 2.45) is 5.92 Å². The van der Waals surface area contributed by atoms with E-state index in [9.17, 15) is 4.79 Å². The Hall–Kier alpha value is -1.65. The lowest BCUT2D eigenvalue weighted by atomic mass is 9.97. The van der Waals surface area contributed by atoms with Crippen molar-refractivity contribution in [3.63, 3.8) is 0 Å². The standard InChI is InChI=1S/C17H23N3O/c1-13-16(12-18-19-13)17(21)20-9-7-15(8-10-20)11-14-5-3-2-4-6-14/h2-6,11,13,16,18-19H,7-10,12H2,1H3. The van der Waals surface area contributed by atoms with Gasteiger partial charge in [-0.1, -0.05) is 42.0 Å². The molecule has 1 amide bonds. The lowest BCUT2D eigenvalue weighted by molar-refractivity contribution is -0.135. The van der Waals surface area contributed by atoms with Crippen molar-refractivity contribution >= 4 is 12.0 Å². The second-order valence-electron chi connectivity index (χ2n) is 5.96. The Morgan fingerprint density at radius 1 is 1.24 bits per heavy atom. The molecule has 2 aliphatic heterocycles. The molecule has 2 saturated heterocycles.